The van der Waals surface area contributed by atoms with Crippen LogP contribution in [-0.2, 0) is 4.43 Å². The van der Waals surface area contributed by atoms with Gasteiger partial charge in [-0.3, -0.25) is 0 Å². The van der Waals surface area contributed by atoms with Gasteiger partial charge in [0.05, 0.1) is 7.11 Å². The topological polar surface area (TPSA) is 58.9 Å². The number of alkyl halides is 1. The highest BCUT2D eigenvalue weighted by molar-refractivity contribution is 14.1. The summed E-state index contributed by atoms with van der Waals surface area (Å²) in [5.74, 6) is 2.19. The van der Waals surface area contributed by atoms with E-state index in [1.54, 1.807) is 31.4 Å². The van der Waals surface area contributed by atoms with Crippen LogP contribution in [0.3, 0.4) is 0 Å². The van der Waals surface area contributed by atoms with Crippen LogP contribution >= 0.6 is 22.6 Å². The molecule has 4 nitrogen and oxygen atoms in total. The molecule has 20 heavy (non-hydrogen) atoms. The third-order valence-electron chi connectivity index (χ3n) is 2.81. The molecule has 0 atom stereocenters. The Morgan fingerprint density at radius 1 is 1.05 bits per heavy atom. The maximum absolute atomic E-state index is 9.03. The third kappa shape index (κ3) is 3.65. The van der Waals surface area contributed by atoms with Crippen LogP contribution in [0.2, 0.25) is 0 Å². The standard InChI is InChI=1S/C14H14BIO4/c1-19-14-7-6-13(8-10(14)9-16)20-12-4-2-11(3-5-12)15(17)18/h2-8,17-18H,9H2,1H3. The molecule has 0 fully saturated rings. The largest absolute Gasteiger partial charge is 0.496 e. The first-order valence-corrected chi connectivity index (χ1v) is 7.53. The monoisotopic (exact) mass is 384 g/mol. The summed E-state index contributed by atoms with van der Waals surface area (Å²) in [6, 6.07) is 12.3. The van der Waals surface area contributed by atoms with E-state index in [2.05, 4.69) is 22.6 Å². The van der Waals surface area contributed by atoms with Crippen LogP contribution < -0.4 is 14.9 Å². The number of benzene rings is 2. The summed E-state index contributed by atoms with van der Waals surface area (Å²) in [6.45, 7) is 0. The lowest BCUT2D eigenvalue weighted by Crippen LogP contribution is -2.29. The van der Waals surface area contributed by atoms with Gasteiger partial charge in [0, 0.05) is 9.99 Å². The summed E-state index contributed by atoms with van der Waals surface area (Å²) >= 11 is 2.27. The molecule has 0 saturated carbocycles. The van der Waals surface area contributed by atoms with E-state index < -0.39 is 7.12 Å². The molecule has 0 radical (unpaired) electrons. The quantitative estimate of drug-likeness (QED) is 0.471. The summed E-state index contributed by atoms with van der Waals surface area (Å²) in [6.07, 6.45) is 0. The molecule has 0 saturated heterocycles. The predicted octanol–water partition coefficient (Wildman–Crippen LogP) is 2.10. The number of rotatable bonds is 5. The molecule has 2 aromatic rings. The smallest absolute Gasteiger partial charge is 0.488 e. The van der Waals surface area contributed by atoms with Crippen LogP contribution in [-0.4, -0.2) is 24.3 Å². The molecular formula is C14H14BIO4. The van der Waals surface area contributed by atoms with E-state index in [4.69, 9.17) is 19.5 Å². The van der Waals surface area contributed by atoms with Gasteiger partial charge >= 0.3 is 7.12 Å². The van der Waals surface area contributed by atoms with Gasteiger partial charge in [-0.25, -0.2) is 0 Å². The normalized spacial score (nSPS) is 10.2. The molecule has 0 amide bonds. The minimum atomic E-state index is -1.46. The average Bonchev–Trinajstić information content (AvgIpc) is 2.47. The molecule has 6 heteroatoms. The molecule has 0 heterocycles. The molecule has 0 unspecified atom stereocenters. The fourth-order valence-corrected chi connectivity index (χ4v) is 2.36. The van der Waals surface area contributed by atoms with E-state index in [0.29, 0.717) is 11.2 Å². The van der Waals surface area contributed by atoms with Crippen LogP contribution in [0.25, 0.3) is 0 Å². The van der Waals surface area contributed by atoms with Gasteiger partial charge in [-0.1, -0.05) is 34.7 Å². The lowest BCUT2D eigenvalue weighted by Gasteiger charge is -2.10. The van der Waals surface area contributed by atoms with E-state index in [-0.39, 0.29) is 0 Å². The fraction of sp³-hybridized carbons (Fsp3) is 0.143. The Morgan fingerprint density at radius 3 is 2.25 bits per heavy atom. The van der Waals surface area contributed by atoms with Crippen molar-refractivity contribution in [3.05, 3.63) is 48.0 Å². The Balaban J connectivity index is 2.17. The molecule has 0 aliphatic heterocycles. The molecule has 0 spiro atoms. The lowest BCUT2D eigenvalue weighted by atomic mass is 9.80. The first-order chi connectivity index (χ1) is 9.63. The third-order valence-corrected chi connectivity index (χ3v) is 3.63. The predicted molar refractivity (Wildman–Crippen MR) is 87.1 cm³/mol. The zero-order valence-corrected chi connectivity index (χ0v) is 13.1. The first kappa shape index (κ1) is 15.1. The molecule has 0 aromatic heterocycles. The van der Waals surface area contributed by atoms with Crippen molar-refractivity contribution in [2.75, 3.05) is 7.11 Å². The van der Waals surface area contributed by atoms with Crippen molar-refractivity contribution in [1.82, 2.24) is 0 Å². The fourth-order valence-electron chi connectivity index (χ4n) is 1.77. The Kier molecular flexibility index (Phi) is 5.27. The number of methoxy groups -OCH3 is 1. The highest BCUT2D eigenvalue weighted by atomic mass is 127. The van der Waals surface area contributed by atoms with Crippen LogP contribution in [0.1, 0.15) is 5.56 Å². The van der Waals surface area contributed by atoms with Crippen molar-refractivity contribution >= 4 is 35.2 Å². The maximum atomic E-state index is 9.03. The second-order valence-electron chi connectivity index (χ2n) is 4.15. The summed E-state index contributed by atoms with van der Waals surface area (Å²) in [5.41, 5.74) is 1.49. The van der Waals surface area contributed by atoms with Crippen LogP contribution in [0, 0.1) is 0 Å². The number of ether oxygens (including phenoxy) is 2. The second kappa shape index (κ2) is 6.96. The summed E-state index contributed by atoms with van der Waals surface area (Å²) in [7, 11) is 0.181. The summed E-state index contributed by atoms with van der Waals surface area (Å²) < 4.78 is 11.8. The van der Waals surface area contributed by atoms with Crippen molar-refractivity contribution in [1.29, 1.82) is 0 Å². The Hall–Kier alpha value is -1.25. The minimum Gasteiger partial charge on any atom is -0.496 e. The average molecular weight is 384 g/mol. The summed E-state index contributed by atoms with van der Waals surface area (Å²) in [5, 5.41) is 18.1. The highest BCUT2D eigenvalue weighted by Gasteiger charge is 2.10. The SMILES string of the molecule is COc1ccc(Oc2ccc(B(O)O)cc2)cc1CI. The molecule has 2 aromatic carbocycles. The van der Waals surface area contributed by atoms with Crippen molar-refractivity contribution in [2.24, 2.45) is 0 Å². The zero-order chi connectivity index (χ0) is 14.5. The molecule has 2 rings (SSSR count). The molecule has 0 bridgehead atoms. The Labute approximate surface area is 131 Å². The van der Waals surface area contributed by atoms with Crippen molar-refractivity contribution in [2.45, 2.75) is 4.43 Å². The van der Waals surface area contributed by atoms with Gasteiger partial charge < -0.3 is 19.5 Å². The lowest BCUT2D eigenvalue weighted by molar-refractivity contribution is 0.409. The van der Waals surface area contributed by atoms with Gasteiger partial charge in [-0.2, -0.15) is 0 Å². The number of hydrogen-bond donors (Lipinski definition) is 2. The van der Waals surface area contributed by atoms with Crippen molar-refractivity contribution in [3.63, 3.8) is 0 Å². The zero-order valence-electron chi connectivity index (χ0n) is 10.9. The molecule has 104 valence electrons. The van der Waals surface area contributed by atoms with Gasteiger partial charge in [0.1, 0.15) is 17.2 Å². The summed E-state index contributed by atoms with van der Waals surface area (Å²) in [4.78, 5) is 0. The maximum Gasteiger partial charge on any atom is 0.488 e. The van der Waals surface area contributed by atoms with Gasteiger partial charge in [0.15, 0.2) is 0 Å². The highest BCUT2D eigenvalue weighted by Crippen LogP contribution is 2.28. The molecule has 0 aliphatic carbocycles. The molecule has 2 N–H and O–H groups in total. The van der Waals surface area contributed by atoms with E-state index in [1.165, 1.54) is 0 Å². The number of hydrogen-bond acceptors (Lipinski definition) is 4. The Morgan fingerprint density at radius 2 is 1.70 bits per heavy atom. The Bertz CT molecular complexity index is 572. The first-order valence-electron chi connectivity index (χ1n) is 6.01. The van der Waals surface area contributed by atoms with E-state index in [9.17, 15) is 0 Å². The van der Waals surface area contributed by atoms with Gasteiger partial charge in [0.2, 0.25) is 0 Å². The molecule has 0 aliphatic rings. The number of halogens is 1. The van der Waals surface area contributed by atoms with E-state index >= 15 is 0 Å². The van der Waals surface area contributed by atoms with Gasteiger partial charge in [-0.05, 0) is 35.8 Å². The van der Waals surface area contributed by atoms with Gasteiger partial charge in [-0.15, -0.1) is 0 Å². The van der Waals surface area contributed by atoms with E-state index in [0.717, 1.165) is 21.5 Å². The van der Waals surface area contributed by atoms with Crippen LogP contribution in [0.5, 0.6) is 17.2 Å². The molecular weight excluding hydrogens is 370 g/mol. The second-order valence-corrected chi connectivity index (χ2v) is 4.91. The van der Waals surface area contributed by atoms with Crippen molar-refractivity contribution in [3.8, 4) is 17.2 Å². The van der Waals surface area contributed by atoms with Crippen molar-refractivity contribution < 1.29 is 19.5 Å². The minimum absolute atomic E-state index is 0.431. The van der Waals surface area contributed by atoms with Gasteiger partial charge in [0.25, 0.3) is 0 Å². The van der Waals surface area contributed by atoms with Crippen LogP contribution in [0.4, 0.5) is 0 Å². The van der Waals surface area contributed by atoms with Crippen LogP contribution in [0.15, 0.2) is 42.5 Å². The van der Waals surface area contributed by atoms with E-state index in [1.807, 2.05) is 18.2 Å².